The quantitative estimate of drug-likeness (QED) is 0.0544. The van der Waals surface area contributed by atoms with Crippen molar-refractivity contribution < 1.29 is 77.3 Å². The van der Waals surface area contributed by atoms with Crippen molar-refractivity contribution in [3.05, 3.63) is 26.4 Å². The molecule has 5 saturated carbocycles. The maximum absolute atomic E-state index is 11.9. The van der Waals surface area contributed by atoms with Gasteiger partial charge in [0.25, 0.3) is 0 Å². The maximum atomic E-state index is 11.9. The van der Waals surface area contributed by atoms with Gasteiger partial charge in [0, 0.05) is 54.8 Å². The van der Waals surface area contributed by atoms with Gasteiger partial charge in [-0.25, -0.2) is 9.59 Å². The molecule has 80 heavy (non-hydrogen) atoms. The van der Waals surface area contributed by atoms with Gasteiger partial charge in [-0.1, -0.05) is 28.5 Å². The monoisotopic (exact) mass is 1200 g/mol. The summed E-state index contributed by atoms with van der Waals surface area (Å²) in [5.41, 5.74) is 20.7. The summed E-state index contributed by atoms with van der Waals surface area (Å²) in [6, 6.07) is 0.568. The molecule has 0 spiro atoms. The van der Waals surface area contributed by atoms with Crippen molar-refractivity contribution in [3.8, 4) is 0 Å². The summed E-state index contributed by atoms with van der Waals surface area (Å²) in [4.78, 5) is 85.1. The van der Waals surface area contributed by atoms with E-state index in [1.807, 2.05) is 41.5 Å². The van der Waals surface area contributed by atoms with Crippen LogP contribution in [0.5, 0.6) is 0 Å². The Morgan fingerprint density at radius 3 is 1.30 bits per heavy atom. The van der Waals surface area contributed by atoms with Crippen molar-refractivity contribution in [2.75, 3.05) is 13.2 Å². The molecule has 6 heterocycles. The number of carbonyl (C=O) groups excluding carboxylic acids is 7. The normalized spacial score (nSPS) is 32.7. The van der Waals surface area contributed by atoms with Crippen LogP contribution in [0.1, 0.15) is 197 Å². The number of halogens is 1. The minimum Gasteiger partial charge on any atom is -0.444 e. The number of carbonyl (C=O) groups is 7. The Bertz CT molecular complexity index is 2040. The molecule has 446 valence electrons. The first-order valence-corrected chi connectivity index (χ1v) is 29.6. The largest absolute Gasteiger partial charge is 1.00 e. The third kappa shape index (κ3) is 25.6. The summed E-state index contributed by atoms with van der Waals surface area (Å²) in [5, 5.41) is 23.8. The zero-order chi connectivity index (χ0) is 57.0. The van der Waals surface area contributed by atoms with Crippen LogP contribution in [0.4, 0.5) is 9.59 Å². The molecule has 6 saturated heterocycles. The molecule has 11 aliphatic rings. The first-order valence-electron chi connectivity index (χ1n) is 28.7. The standard InChI is InChI=1S/2C13H22N2O3.C8H12BrNO.C8H12N4O.C8H13NO.C4H8O.CH4.N3.Na/c2*1-13(2,3)18-12(17)15-10-7-8-4-5-9(6-8)14-11(10)16;9-7-4-5-1-2-6(3-5)10-8(7)11;9-12-11-7-4-5-1-2-6(3-5)10-8(7)13;10-8-4-2-6-1-3-7(5-6)9-8;1-2-4-5-3-1;;1-3-2;/h2*8-10H,4-7H2,1-3H3,(H,14,16)(H,15,17);5-7H,1-4H2,(H,10,11);5-7H,1-4H2,(H,10,13);6-7H,1-5H2,(H,9,10);1-4H2;1H4;;/q;;;;;;;-1;+1/t8-,9+,10+;8-,9+,10-;;;;;;;/m01......./s1. The Morgan fingerprint density at radius 1 is 0.537 bits per heavy atom. The van der Waals surface area contributed by atoms with Crippen molar-refractivity contribution in [2.24, 2.45) is 34.7 Å². The van der Waals surface area contributed by atoms with Gasteiger partial charge in [0.15, 0.2) is 0 Å². The molecule has 11 fully saturated rings. The van der Waals surface area contributed by atoms with E-state index < -0.39 is 41.5 Å². The number of amides is 7. The van der Waals surface area contributed by atoms with Crippen LogP contribution in [0.15, 0.2) is 5.11 Å². The first-order chi connectivity index (χ1) is 37.0. The average molecular weight is 1200 g/mol. The van der Waals surface area contributed by atoms with Crippen LogP contribution in [0.25, 0.3) is 26.4 Å². The van der Waals surface area contributed by atoms with Crippen LogP contribution in [-0.2, 0) is 38.2 Å². The Kier molecular flexibility index (Phi) is 30.3. The second kappa shape index (κ2) is 34.5. The minimum atomic E-state index is -0.537. The SMILES string of the molecule is C.C1CCOC1.CC(C)(C)OC(=O)N[C@@H]1C[C@@H]2CC[C@@H](C2)NC1=O.CC(C)(C)OC(=O)N[C@@H]1C[C@H]2CC[C@H](C2)NC1=O.O=C1CCC2CCC(C2)N1.O=C1NC2CCC(C2)CC1Br.[N-]=[N+]=NC1CC2CCC(C2)NC1=O.[N-]=[N+]=[N-].[Na+]. The summed E-state index contributed by atoms with van der Waals surface area (Å²) in [5.74, 6) is 3.49. The van der Waals surface area contributed by atoms with Crippen molar-refractivity contribution in [1.29, 1.82) is 0 Å². The molecule has 7 N–H and O–H groups in total. The molecule has 11 rings (SSSR count). The molecule has 0 aromatic heterocycles. The Morgan fingerprint density at radius 2 is 0.900 bits per heavy atom. The molecular weight excluding hydrogens is 1110 g/mol. The zero-order valence-electron chi connectivity index (χ0n) is 47.9. The molecule has 0 aromatic rings. The average Bonchev–Trinajstić information content (AvgIpc) is 4.22. The van der Waals surface area contributed by atoms with Crippen LogP contribution < -0.4 is 66.8 Å². The molecule has 7 amide bonds. The minimum absolute atomic E-state index is 0. The van der Waals surface area contributed by atoms with E-state index in [-0.39, 0.29) is 71.3 Å². The van der Waals surface area contributed by atoms with Crippen LogP contribution in [0.2, 0.25) is 0 Å². The van der Waals surface area contributed by atoms with E-state index in [0.717, 1.165) is 121 Å². The number of azide groups is 1. The van der Waals surface area contributed by atoms with Crippen molar-refractivity contribution in [3.63, 3.8) is 0 Å². The Labute approximate surface area is 504 Å². The molecule has 10 bridgehead atoms. The molecule has 0 radical (unpaired) electrons. The Balaban J connectivity index is 0.000000255. The van der Waals surface area contributed by atoms with E-state index in [4.69, 9.17) is 30.8 Å². The summed E-state index contributed by atoms with van der Waals surface area (Å²) in [6.07, 6.45) is 23.9. The number of ether oxygens (including phenoxy) is 3. The van der Waals surface area contributed by atoms with Gasteiger partial charge in [0.2, 0.25) is 29.5 Å². The number of alkyl halides is 1. The van der Waals surface area contributed by atoms with Gasteiger partial charge in [0.05, 0.1) is 4.83 Å². The van der Waals surface area contributed by atoms with Crippen molar-refractivity contribution >= 4 is 57.7 Å². The number of alkyl carbamates (subject to hydrolysis) is 2. The van der Waals surface area contributed by atoms with Gasteiger partial charge in [0.1, 0.15) is 29.3 Å². The third-order valence-corrected chi connectivity index (χ3v) is 16.9. The number of hydrogen-bond donors (Lipinski definition) is 7. The molecule has 14 atom stereocenters. The van der Waals surface area contributed by atoms with Crippen molar-refractivity contribution in [1.82, 2.24) is 37.2 Å². The zero-order valence-corrected chi connectivity index (χ0v) is 51.5. The molecule has 6 aliphatic heterocycles. The summed E-state index contributed by atoms with van der Waals surface area (Å²) in [7, 11) is 0. The third-order valence-electron chi connectivity index (χ3n) is 16.1. The van der Waals surface area contributed by atoms with E-state index in [0.29, 0.717) is 48.0 Å². The van der Waals surface area contributed by atoms with E-state index in [1.165, 1.54) is 56.3 Å². The number of hydrogen-bond acceptors (Lipinski definition) is 11. The molecule has 0 aromatic carbocycles. The molecule has 5 aliphatic carbocycles. The number of fused-ring (bicyclic) bond motifs is 10. The van der Waals surface area contributed by atoms with Gasteiger partial charge < -0.3 is 62.5 Å². The topological polar surface area (TPSA) is 339 Å². The van der Waals surface area contributed by atoms with Gasteiger partial charge >= 0.3 is 41.7 Å². The smallest absolute Gasteiger partial charge is 0.444 e. The van der Waals surface area contributed by atoms with Crippen LogP contribution in [0.3, 0.4) is 0 Å². The van der Waals surface area contributed by atoms with Gasteiger partial charge in [-0.3, -0.25) is 28.9 Å². The Hall–Kier alpha value is -4.05. The maximum Gasteiger partial charge on any atom is 1.00 e. The molecule has 8 unspecified atom stereocenters. The van der Waals surface area contributed by atoms with Gasteiger partial charge in [-0.15, -0.1) is 0 Å². The molecule has 25 heteroatoms. The fourth-order valence-electron chi connectivity index (χ4n) is 12.5. The predicted molar refractivity (Wildman–Crippen MR) is 303 cm³/mol. The van der Waals surface area contributed by atoms with Gasteiger partial charge in [-0.2, -0.15) is 0 Å². The first kappa shape index (κ1) is 70.2. The second-order valence-corrected chi connectivity index (χ2v) is 26.1. The van der Waals surface area contributed by atoms with E-state index >= 15 is 0 Å². The van der Waals surface area contributed by atoms with E-state index in [1.54, 1.807) is 0 Å². The van der Waals surface area contributed by atoms with Crippen molar-refractivity contribution in [2.45, 2.75) is 261 Å². The van der Waals surface area contributed by atoms with E-state index in [2.05, 4.69) is 63.2 Å². The fourth-order valence-corrected chi connectivity index (χ4v) is 13.2. The van der Waals surface area contributed by atoms with E-state index in [9.17, 15) is 33.6 Å². The van der Waals surface area contributed by atoms with Gasteiger partial charge in [-0.05, 0) is 218 Å². The van der Waals surface area contributed by atoms with Crippen LogP contribution >= 0.6 is 15.9 Å². The number of nitrogens with one attached hydrogen (secondary N) is 7. The van der Waals surface area contributed by atoms with Crippen LogP contribution in [0, 0.1) is 29.6 Å². The number of nitrogens with zero attached hydrogens (tertiary/aromatic N) is 6. The molecular formula is C55H93BrN13NaO10. The fraction of sp³-hybridized carbons (Fsp3) is 0.873. The summed E-state index contributed by atoms with van der Waals surface area (Å²) in [6.45, 7) is 12.8. The number of rotatable bonds is 3. The summed E-state index contributed by atoms with van der Waals surface area (Å²) >= 11 is 3.39. The van der Waals surface area contributed by atoms with Crippen LogP contribution in [-0.4, -0.2) is 119 Å². The molecule has 23 nitrogen and oxygen atoms in total. The predicted octanol–water partition coefficient (Wildman–Crippen LogP) is 6.30. The summed E-state index contributed by atoms with van der Waals surface area (Å²) < 4.78 is 15.3. The second-order valence-electron chi connectivity index (χ2n) is 25.0.